The molecule has 0 aliphatic carbocycles. The van der Waals surface area contributed by atoms with Crippen molar-refractivity contribution >= 4 is 29.2 Å². The fourth-order valence-electron chi connectivity index (χ4n) is 3.07. The summed E-state index contributed by atoms with van der Waals surface area (Å²) in [6.07, 6.45) is -0.340. The van der Waals surface area contributed by atoms with Crippen molar-refractivity contribution in [2.24, 2.45) is 5.73 Å². The molecule has 3 N–H and O–H groups in total. The zero-order valence-electron chi connectivity index (χ0n) is 16.8. The monoisotopic (exact) mass is 451 g/mol. The minimum atomic E-state index is -0.774. The second-order valence-electron chi connectivity index (χ2n) is 7.03. The topological polar surface area (TPSA) is 103 Å². The van der Waals surface area contributed by atoms with Crippen molar-refractivity contribution in [1.29, 1.82) is 0 Å². The largest absolute Gasteiger partial charge is 0.491 e. The maximum absolute atomic E-state index is 13.0. The van der Waals surface area contributed by atoms with Crippen LogP contribution in [-0.2, 0) is 9.53 Å². The first kappa shape index (κ1) is 22.6. The summed E-state index contributed by atoms with van der Waals surface area (Å²) in [7, 11) is 0. The average Bonchev–Trinajstić information content (AvgIpc) is 2.73. The molecule has 1 aliphatic heterocycles. The molecule has 1 fully saturated rings. The van der Waals surface area contributed by atoms with Gasteiger partial charge in [-0.2, -0.15) is 0 Å². The maximum Gasteiger partial charge on any atom is 0.316 e. The van der Waals surface area contributed by atoms with E-state index in [2.05, 4.69) is 5.32 Å². The summed E-state index contributed by atoms with van der Waals surface area (Å²) in [6, 6.07) is 9.36. The molecule has 0 spiro atoms. The maximum atomic E-state index is 13.0. The van der Waals surface area contributed by atoms with E-state index in [1.165, 1.54) is 30.3 Å². The second-order valence-corrected chi connectivity index (χ2v) is 7.47. The van der Waals surface area contributed by atoms with Gasteiger partial charge >= 0.3 is 6.03 Å². The van der Waals surface area contributed by atoms with E-state index < -0.39 is 6.03 Å². The van der Waals surface area contributed by atoms with Crippen molar-refractivity contribution < 1.29 is 28.2 Å². The predicted molar refractivity (Wildman–Crippen MR) is 113 cm³/mol. The van der Waals surface area contributed by atoms with E-state index in [0.717, 1.165) is 0 Å². The smallest absolute Gasteiger partial charge is 0.316 e. The highest BCUT2D eigenvalue weighted by atomic mass is 35.5. The normalized spacial score (nSPS) is 18.4. The number of halogens is 2. The summed E-state index contributed by atoms with van der Waals surface area (Å²) >= 11 is 5.93. The number of ether oxygens (including phenoxy) is 3. The molecule has 31 heavy (non-hydrogen) atoms. The van der Waals surface area contributed by atoms with E-state index in [9.17, 15) is 14.0 Å². The van der Waals surface area contributed by atoms with Crippen molar-refractivity contribution in [3.8, 4) is 11.5 Å². The molecule has 2 aromatic carbocycles. The number of amides is 3. The third-order valence-corrected chi connectivity index (χ3v) is 4.86. The lowest BCUT2D eigenvalue weighted by Gasteiger charge is -2.37. The summed E-state index contributed by atoms with van der Waals surface area (Å²) in [5, 5.41) is 2.80. The van der Waals surface area contributed by atoms with Crippen molar-refractivity contribution in [2.45, 2.75) is 19.1 Å². The molecule has 2 unspecified atom stereocenters. The zero-order valence-corrected chi connectivity index (χ0v) is 17.6. The van der Waals surface area contributed by atoms with Crippen molar-refractivity contribution in [3.63, 3.8) is 0 Å². The lowest BCUT2D eigenvalue weighted by Crippen LogP contribution is -2.53. The highest BCUT2D eigenvalue weighted by Crippen LogP contribution is 2.28. The van der Waals surface area contributed by atoms with Gasteiger partial charge in [0, 0.05) is 5.02 Å². The first-order chi connectivity index (χ1) is 14.8. The number of nitrogens with zero attached hydrogens (tertiary/aromatic N) is 1. The molecule has 2 atom stereocenters. The summed E-state index contributed by atoms with van der Waals surface area (Å²) in [5.74, 6) is 0.194. The van der Waals surface area contributed by atoms with Crippen LogP contribution in [0.15, 0.2) is 42.5 Å². The number of carbonyl (C=O) groups is 2. The molecule has 0 saturated carbocycles. The van der Waals surface area contributed by atoms with Gasteiger partial charge in [0.2, 0.25) is 0 Å². The van der Waals surface area contributed by atoms with Crippen LogP contribution in [0.5, 0.6) is 11.5 Å². The second kappa shape index (κ2) is 10.3. The molecule has 1 heterocycles. The first-order valence-corrected chi connectivity index (χ1v) is 9.98. The lowest BCUT2D eigenvalue weighted by molar-refractivity contribution is -0.147. The van der Waals surface area contributed by atoms with Crippen molar-refractivity contribution in [1.82, 2.24) is 4.90 Å². The Hall–Kier alpha value is -3.04. The number of benzene rings is 2. The Bertz CT molecular complexity index is 928. The number of anilines is 1. The zero-order chi connectivity index (χ0) is 22.4. The van der Waals surface area contributed by atoms with Gasteiger partial charge in [0.25, 0.3) is 5.91 Å². The number of hydrogen-bond donors (Lipinski definition) is 2. The van der Waals surface area contributed by atoms with Crippen LogP contribution in [0.4, 0.5) is 14.9 Å². The van der Waals surface area contributed by atoms with Crippen LogP contribution < -0.4 is 20.5 Å². The Morgan fingerprint density at radius 3 is 2.71 bits per heavy atom. The molecule has 1 saturated heterocycles. The van der Waals surface area contributed by atoms with E-state index in [0.29, 0.717) is 23.9 Å². The number of nitrogens with one attached hydrogen (secondary N) is 1. The number of rotatable bonds is 7. The van der Waals surface area contributed by atoms with Crippen molar-refractivity contribution in [2.75, 3.05) is 31.7 Å². The van der Waals surface area contributed by atoms with E-state index in [1.54, 1.807) is 17.0 Å². The molecule has 0 bridgehead atoms. The van der Waals surface area contributed by atoms with Gasteiger partial charge in [0.05, 0.1) is 24.9 Å². The SMILES string of the molecule is CC1COC(COc2ccc(F)cc2)CN1C(=O)COc1ccc(Cl)cc1NC(N)=O. The number of primary amides is 1. The van der Waals surface area contributed by atoms with Crippen LogP contribution in [0.3, 0.4) is 0 Å². The van der Waals surface area contributed by atoms with Crippen LogP contribution in [0.25, 0.3) is 0 Å². The van der Waals surface area contributed by atoms with Crippen LogP contribution >= 0.6 is 11.6 Å². The number of hydrogen-bond acceptors (Lipinski definition) is 5. The van der Waals surface area contributed by atoms with E-state index >= 15 is 0 Å². The molecule has 10 heteroatoms. The lowest BCUT2D eigenvalue weighted by atomic mass is 10.2. The van der Waals surface area contributed by atoms with Gasteiger partial charge in [0.1, 0.15) is 30.0 Å². The number of urea groups is 1. The Kier molecular flexibility index (Phi) is 7.54. The fourth-order valence-corrected chi connectivity index (χ4v) is 3.24. The summed E-state index contributed by atoms with van der Waals surface area (Å²) in [6.45, 7) is 2.51. The molecule has 3 rings (SSSR count). The van der Waals surface area contributed by atoms with Crippen molar-refractivity contribution in [3.05, 3.63) is 53.3 Å². The van der Waals surface area contributed by atoms with Gasteiger partial charge in [-0.3, -0.25) is 4.79 Å². The number of carbonyl (C=O) groups excluding carboxylic acids is 2. The highest BCUT2D eigenvalue weighted by molar-refractivity contribution is 6.31. The van der Waals surface area contributed by atoms with Gasteiger partial charge in [-0.05, 0) is 49.4 Å². The Labute approximate surface area is 184 Å². The van der Waals surface area contributed by atoms with Gasteiger partial charge in [-0.25, -0.2) is 9.18 Å². The molecular weight excluding hydrogens is 429 g/mol. The quantitative estimate of drug-likeness (QED) is 0.673. The Morgan fingerprint density at radius 1 is 1.26 bits per heavy atom. The third kappa shape index (κ3) is 6.47. The molecule has 0 aromatic heterocycles. The van der Waals surface area contributed by atoms with Crippen LogP contribution in [0.1, 0.15) is 6.92 Å². The van der Waals surface area contributed by atoms with Gasteiger partial charge in [-0.15, -0.1) is 0 Å². The molecule has 2 aromatic rings. The molecule has 3 amide bonds. The van der Waals surface area contributed by atoms with Gasteiger partial charge in [0.15, 0.2) is 6.61 Å². The first-order valence-electron chi connectivity index (χ1n) is 9.60. The number of nitrogens with two attached hydrogens (primary N) is 1. The molecule has 0 radical (unpaired) electrons. The standard InChI is InChI=1S/C21H23ClFN3O5/c1-13-10-29-17(11-30-16-5-3-15(23)4-6-16)9-26(13)20(27)12-31-19-7-2-14(22)8-18(19)25-21(24)28/h2-8,13,17H,9-12H2,1H3,(H3,24,25,28). The minimum Gasteiger partial charge on any atom is -0.491 e. The molecule has 1 aliphatic rings. The highest BCUT2D eigenvalue weighted by Gasteiger charge is 2.30. The molecule has 166 valence electrons. The molecule has 8 nitrogen and oxygen atoms in total. The predicted octanol–water partition coefficient (Wildman–Crippen LogP) is 3.04. The van der Waals surface area contributed by atoms with E-state index in [4.69, 9.17) is 31.5 Å². The van der Waals surface area contributed by atoms with Crippen LogP contribution in [0, 0.1) is 5.82 Å². The fraction of sp³-hybridized carbons (Fsp3) is 0.333. The van der Waals surface area contributed by atoms with E-state index in [-0.39, 0.29) is 48.5 Å². The Balaban J connectivity index is 1.56. The third-order valence-electron chi connectivity index (χ3n) is 4.63. The van der Waals surface area contributed by atoms with Gasteiger partial charge < -0.3 is 30.2 Å². The van der Waals surface area contributed by atoms with Gasteiger partial charge in [-0.1, -0.05) is 11.6 Å². The average molecular weight is 452 g/mol. The van der Waals surface area contributed by atoms with Crippen LogP contribution in [-0.4, -0.2) is 55.3 Å². The molecular formula is C21H23ClFN3O5. The Morgan fingerprint density at radius 2 is 2.00 bits per heavy atom. The minimum absolute atomic E-state index is 0.147. The number of morpholine rings is 1. The summed E-state index contributed by atoms with van der Waals surface area (Å²) < 4.78 is 30.0. The van der Waals surface area contributed by atoms with E-state index in [1.807, 2.05) is 6.92 Å². The van der Waals surface area contributed by atoms with Crippen LogP contribution in [0.2, 0.25) is 5.02 Å². The summed E-state index contributed by atoms with van der Waals surface area (Å²) in [4.78, 5) is 25.6. The summed E-state index contributed by atoms with van der Waals surface area (Å²) in [5.41, 5.74) is 5.43.